The molecule has 0 spiro atoms. The van der Waals surface area contributed by atoms with Crippen molar-refractivity contribution in [2.45, 2.75) is 19.8 Å². The van der Waals surface area contributed by atoms with Crippen LogP contribution < -0.4 is 15.4 Å². The summed E-state index contributed by atoms with van der Waals surface area (Å²) >= 11 is 0. The second kappa shape index (κ2) is 7.66. The van der Waals surface area contributed by atoms with Gasteiger partial charge in [0, 0.05) is 17.4 Å². The fourth-order valence-electron chi connectivity index (χ4n) is 2.57. The third-order valence-corrected chi connectivity index (χ3v) is 3.88. The molecule has 0 amide bonds. The van der Waals surface area contributed by atoms with Crippen LogP contribution in [0.2, 0.25) is 0 Å². The standard InChI is InChI=1S/C20H22N4O/c1-14(2)17-6-4-5-7-18(17)24-20-12-19(21-13-22-20)23-15-8-10-16(25-3)11-9-15/h4-14H,1-3H3,(H2,21,22,23,24). The number of hydrogen-bond donors (Lipinski definition) is 2. The summed E-state index contributed by atoms with van der Waals surface area (Å²) in [5.74, 6) is 2.73. The van der Waals surface area contributed by atoms with Crippen LogP contribution in [0.4, 0.5) is 23.0 Å². The van der Waals surface area contributed by atoms with Gasteiger partial charge in [-0.1, -0.05) is 32.0 Å². The lowest BCUT2D eigenvalue weighted by Gasteiger charge is -2.14. The summed E-state index contributed by atoms with van der Waals surface area (Å²) < 4.78 is 5.17. The third kappa shape index (κ3) is 4.26. The van der Waals surface area contributed by atoms with Crippen molar-refractivity contribution in [2.75, 3.05) is 17.7 Å². The van der Waals surface area contributed by atoms with Crippen molar-refractivity contribution in [2.24, 2.45) is 0 Å². The van der Waals surface area contributed by atoms with E-state index in [9.17, 15) is 0 Å². The Kier molecular flexibility index (Phi) is 5.14. The third-order valence-electron chi connectivity index (χ3n) is 3.88. The van der Waals surface area contributed by atoms with Gasteiger partial charge >= 0.3 is 0 Å². The van der Waals surface area contributed by atoms with Crippen molar-refractivity contribution in [3.63, 3.8) is 0 Å². The molecule has 5 nitrogen and oxygen atoms in total. The molecular weight excluding hydrogens is 312 g/mol. The van der Waals surface area contributed by atoms with Gasteiger partial charge in [-0.3, -0.25) is 0 Å². The number of ether oxygens (including phenoxy) is 1. The highest BCUT2D eigenvalue weighted by molar-refractivity contribution is 5.65. The van der Waals surface area contributed by atoms with Crippen molar-refractivity contribution in [1.29, 1.82) is 0 Å². The van der Waals surface area contributed by atoms with E-state index in [0.29, 0.717) is 5.92 Å². The van der Waals surface area contributed by atoms with Crippen molar-refractivity contribution in [3.8, 4) is 5.75 Å². The first-order chi connectivity index (χ1) is 12.2. The van der Waals surface area contributed by atoms with Gasteiger partial charge in [-0.05, 0) is 41.8 Å². The van der Waals surface area contributed by atoms with Crippen LogP contribution in [0.3, 0.4) is 0 Å². The van der Waals surface area contributed by atoms with Crippen LogP contribution in [0.15, 0.2) is 60.9 Å². The molecule has 3 rings (SSSR count). The SMILES string of the molecule is COc1ccc(Nc2cc(Nc3ccccc3C(C)C)ncn2)cc1. The minimum absolute atomic E-state index is 0.433. The highest BCUT2D eigenvalue weighted by atomic mass is 16.5. The zero-order valence-corrected chi connectivity index (χ0v) is 14.7. The second-order valence-electron chi connectivity index (χ2n) is 6.01. The van der Waals surface area contributed by atoms with Gasteiger partial charge in [-0.25, -0.2) is 9.97 Å². The van der Waals surface area contributed by atoms with Crippen LogP contribution in [0.25, 0.3) is 0 Å². The van der Waals surface area contributed by atoms with Crippen LogP contribution >= 0.6 is 0 Å². The molecule has 0 saturated carbocycles. The van der Waals surface area contributed by atoms with Crippen molar-refractivity contribution < 1.29 is 4.74 Å². The molecule has 0 unspecified atom stereocenters. The summed E-state index contributed by atoms with van der Waals surface area (Å²) in [5, 5.41) is 6.66. The fraction of sp³-hybridized carbons (Fsp3) is 0.200. The molecule has 0 fully saturated rings. The van der Waals surface area contributed by atoms with Crippen molar-refractivity contribution in [3.05, 3.63) is 66.5 Å². The molecule has 2 aromatic carbocycles. The molecule has 0 bridgehead atoms. The van der Waals surface area contributed by atoms with Gasteiger partial charge < -0.3 is 15.4 Å². The number of benzene rings is 2. The van der Waals surface area contributed by atoms with Gasteiger partial charge in [0.1, 0.15) is 23.7 Å². The van der Waals surface area contributed by atoms with Gasteiger partial charge in [-0.2, -0.15) is 0 Å². The van der Waals surface area contributed by atoms with Crippen LogP contribution in [-0.2, 0) is 0 Å². The minimum Gasteiger partial charge on any atom is -0.497 e. The summed E-state index contributed by atoms with van der Waals surface area (Å²) in [7, 11) is 1.65. The normalized spacial score (nSPS) is 10.6. The zero-order chi connectivity index (χ0) is 17.6. The smallest absolute Gasteiger partial charge is 0.135 e. The van der Waals surface area contributed by atoms with Crippen LogP contribution in [-0.4, -0.2) is 17.1 Å². The zero-order valence-electron chi connectivity index (χ0n) is 14.7. The number of aromatic nitrogens is 2. The first kappa shape index (κ1) is 16.8. The molecule has 3 aromatic rings. The highest BCUT2D eigenvalue weighted by Crippen LogP contribution is 2.27. The first-order valence-corrected chi connectivity index (χ1v) is 8.25. The van der Waals surface area contributed by atoms with E-state index < -0.39 is 0 Å². The Morgan fingerprint density at radius 1 is 0.880 bits per heavy atom. The lowest BCUT2D eigenvalue weighted by atomic mass is 10.0. The Hall–Kier alpha value is -3.08. The van der Waals surface area contributed by atoms with E-state index >= 15 is 0 Å². The number of anilines is 4. The van der Waals surface area contributed by atoms with Gasteiger partial charge in [0.15, 0.2) is 0 Å². The van der Waals surface area contributed by atoms with E-state index in [-0.39, 0.29) is 0 Å². The minimum atomic E-state index is 0.433. The van der Waals surface area contributed by atoms with E-state index in [1.807, 2.05) is 36.4 Å². The molecule has 25 heavy (non-hydrogen) atoms. The number of hydrogen-bond acceptors (Lipinski definition) is 5. The molecule has 0 aliphatic carbocycles. The average Bonchev–Trinajstić information content (AvgIpc) is 2.63. The van der Waals surface area contributed by atoms with Crippen molar-refractivity contribution in [1.82, 2.24) is 9.97 Å². The summed E-state index contributed by atoms with van der Waals surface area (Å²) in [6.07, 6.45) is 1.55. The first-order valence-electron chi connectivity index (χ1n) is 8.25. The molecule has 0 atom stereocenters. The number of methoxy groups -OCH3 is 1. The average molecular weight is 334 g/mol. The molecule has 0 radical (unpaired) electrons. The predicted molar refractivity (Wildman–Crippen MR) is 102 cm³/mol. The maximum Gasteiger partial charge on any atom is 0.135 e. The number of para-hydroxylation sites is 1. The Morgan fingerprint density at radius 3 is 2.24 bits per heavy atom. The topological polar surface area (TPSA) is 59.1 Å². The largest absolute Gasteiger partial charge is 0.497 e. The molecule has 128 valence electrons. The van der Waals surface area contributed by atoms with E-state index in [0.717, 1.165) is 28.8 Å². The van der Waals surface area contributed by atoms with Crippen molar-refractivity contribution >= 4 is 23.0 Å². The Labute approximate surface area is 148 Å². The molecular formula is C20H22N4O. The fourth-order valence-corrected chi connectivity index (χ4v) is 2.57. The van der Waals surface area contributed by atoms with E-state index in [1.165, 1.54) is 5.56 Å². The molecule has 0 aliphatic rings. The van der Waals surface area contributed by atoms with Crippen LogP contribution in [0.5, 0.6) is 5.75 Å². The lowest BCUT2D eigenvalue weighted by Crippen LogP contribution is -2.01. The van der Waals surface area contributed by atoms with Crippen LogP contribution in [0.1, 0.15) is 25.3 Å². The summed E-state index contributed by atoms with van der Waals surface area (Å²) in [6, 6.07) is 17.9. The Balaban J connectivity index is 1.77. The molecule has 1 aromatic heterocycles. The van der Waals surface area contributed by atoms with Crippen LogP contribution in [0, 0.1) is 0 Å². The predicted octanol–water partition coefficient (Wildman–Crippen LogP) is 5.10. The molecule has 0 aliphatic heterocycles. The lowest BCUT2D eigenvalue weighted by molar-refractivity contribution is 0.415. The van der Waals surface area contributed by atoms with E-state index in [1.54, 1.807) is 13.4 Å². The molecule has 5 heteroatoms. The highest BCUT2D eigenvalue weighted by Gasteiger charge is 2.07. The molecule has 1 heterocycles. The Bertz CT molecular complexity index is 831. The maximum atomic E-state index is 5.17. The summed E-state index contributed by atoms with van der Waals surface area (Å²) in [4.78, 5) is 8.60. The van der Waals surface area contributed by atoms with Gasteiger partial charge in [0.2, 0.25) is 0 Å². The summed E-state index contributed by atoms with van der Waals surface area (Å²) in [5.41, 5.74) is 3.26. The van der Waals surface area contributed by atoms with Gasteiger partial charge in [0.05, 0.1) is 7.11 Å². The number of nitrogens with one attached hydrogen (secondary N) is 2. The molecule has 2 N–H and O–H groups in total. The monoisotopic (exact) mass is 334 g/mol. The second-order valence-corrected chi connectivity index (χ2v) is 6.01. The quantitative estimate of drug-likeness (QED) is 0.657. The van der Waals surface area contributed by atoms with E-state index in [2.05, 4.69) is 52.6 Å². The number of rotatable bonds is 6. The van der Waals surface area contributed by atoms with Gasteiger partial charge in [-0.15, -0.1) is 0 Å². The van der Waals surface area contributed by atoms with E-state index in [4.69, 9.17) is 4.74 Å². The molecule has 0 saturated heterocycles. The van der Waals surface area contributed by atoms with Gasteiger partial charge in [0.25, 0.3) is 0 Å². The Morgan fingerprint density at radius 2 is 1.56 bits per heavy atom. The summed E-state index contributed by atoms with van der Waals surface area (Å²) in [6.45, 7) is 4.36. The maximum absolute atomic E-state index is 5.17. The number of nitrogens with zero attached hydrogens (tertiary/aromatic N) is 2.